The Morgan fingerprint density at radius 2 is 1.80 bits per heavy atom. The Hall–Kier alpha value is -2.11. The lowest BCUT2D eigenvalue weighted by Gasteiger charge is -2.10. The maximum atomic E-state index is 12.4. The highest BCUT2D eigenvalue weighted by atomic mass is 35.5. The van der Waals surface area contributed by atoms with Crippen molar-refractivity contribution in [3.8, 4) is 0 Å². The molecule has 0 aliphatic rings. The Morgan fingerprint density at radius 1 is 1.12 bits per heavy atom. The molecular formula is C18H19Cl2N3O2. The molecule has 0 radical (unpaired) electrons. The van der Waals surface area contributed by atoms with Crippen LogP contribution in [0.25, 0.3) is 0 Å². The molecule has 132 valence electrons. The summed E-state index contributed by atoms with van der Waals surface area (Å²) in [4.78, 5) is 28.5. The van der Waals surface area contributed by atoms with Gasteiger partial charge in [0, 0.05) is 18.3 Å². The molecule has 2 rings (SSSR count). The number of rotatable bonds is 6. The molecule has 0 saturated carbocycles. The van der Waals surface area contributed by atoms with Crippen LogP contribution < -0.4 is 10.6 Å². The van der Waals surface area contributed by atoms with Crippen LogP contribution in [0.2, 0.25) is 10.0 Å². The largest absolute Gasteiger partial charge is 0.352 e. The molecule has 0 saturated heterocycles. The monoisotopic (exact) mass is 379 g/mol. The predicted molar refractivity (Wildman–Crippen MR) is 100 cm³/mol. The van der Waals surface area contributed by atoms with Gasteiger partial charge < -0.3 is 10.6 Å². The van der Waals surface area contributed by atoms with Gasteiger partial charge >= 0.3 is 0 Å². The summed E-state index contributed by atoms with van der Waals surface area (Å²) in [6.45, 7) is 4.75. The average Bonchev–Trinajstić information content (AvgIpc) is 2.58. The molecule has 0 fully saturated rings. The van der Waals surface area contributed by atoms with E-state index in [1.54, 1.807) is 24.3 Å². The Bertz CT molecular complexity index is 758. The van der Waals surface area contributed by atoms with Gasteiger partial charge in [0.25, 0.3) is 11.8 Å². The average molecular weight is 380 g/mol. The van der Waals surface area contributed by atoms with Crippen LogP contribution >= 0.6 is 23.2 Å². The summed E-state index contributed by atoms with van der Waals surface area (Å²) in [7, 11) is 0. The van der Waals surface area contributed by atoms with Crippen molar-refractivity contribution in [3.05, 3.63) is 57.8 Å². The van der Waals surface area contributed by atoms with Crippen molar-refractivity contribution >= 4 is 40.7 Å². The quantitative estimate of drug-likeness (QED) is 0.780. The SMILES string of the molecule is CC(C)CCNC(=O)c1ccnc(C(=O)Nc2c(Cl)cccc2Cl)c1. The van der Waals surface area contributed by atoms with Crippen molar-refractivity contribution in [2.24, 2.45) is 5.92 Å². The standard InChI is InChI=1S/C18H19Cl2N3O2/c1-11(2)6-8-22-17(24)12-7-9-21-15(10-12)18(25)23-16-13(19)4-3-5-14(16)20/h3-5,7,9-11H,6,8H2,1-2H3,(H,22,24)(H,23,25). The zero-order valence-corrected chi connectivity index (χ0v) is 15.5. The van der Waals surface area contributed by atoms with E-state index in [0.29, 0.717) is 33.8 Å². The van der Waals surface area contributed by atoms with Gasteiger partial charge in [-0.05, 0) is 36.6 Å². The molecular weight excluding hydrogens is 361 g/mol. The van der Waals surface area contributed by atoms with Crippen LogP contribution in [0.3, 0.4) is 0 Å². The third-order valence-electron chi connectivity index (χ3n) is 3.46. The van der Waals surface area contributed by atoms with Gasteiger partial charge in [0.1, 0.15) is 5.69 Å². The molecule has 2 amide bonds. The summed E-state index contributed by atoms with van der Waals surface area (Å²) in [5, 5.41) is 6.09. The molecule has 0 aliphatic carbocycles. The van der Waals surface area contributed by atoms with Gasteiger partial charge in [-0.2, -0.15) is 0 Å². The number of halogens is 2. The van der Waals surface area contributed by atoms with E-state index in [4.69, 9.17) is 23.2 Å². The molecule has 0 bridgehead atoms. The highest BCUT2D eigenvalue weighted by Crippen LogP contribution is 2.30. The maximum Gasteiger partial charge on any atom is 0.274 e. The fourth-order valence-corrected chi connectivity index (χ4v) is 2.56. The number of aromatic nitrogens is 1. The number of carbonyl (C=O) groups is 2. The minimum atomic E-state index is -0.494. The van der Waals surface area contributed by atoms with Crippen molar-refractivity contribution in [2.45, 2.75) is 20.3 Å². The van der Waals surface area contributed by atoms with E-state index in [9.17, 15) is 9.59 Å². The second kappa shape index (κ2) is 8.83. The molecule has 0 aliphatic heterocycles. The lowest BCUT2D eigenvalue weighted by molar-refractivity contribution is 0.0952. The van der Waals surface area contributed by atoms with Crippen LogP contribution in [0.1, 0.15) is 41.1 Å². The molecule has 25 heavy (non-hydrogen) atoms. The summed E-state index contributed by atoms with van der Waals surface area (Å²) in [5.74, 6) is -0.237. The molecule has 0 unspecified atom stereocenters. The van der Waals surface area contributed by atoms with Gasteiger partial charge in [-0.25, -0.2) is 0 Å². The highest BCUT2D eigenvalue weighted by molar-refractivity contribution is 6.40. The number of anilines is 1. The second-order valence-corrected chi connectivity index (χ2v) is 6.73. The first-order chi connectivity index (χ1) is 11.9. The first-order valence-corrected chi connectivity index (χ1v) is 8.63. The van der Waals surface area contributed by atoms with Crippen molar-refractivity contribution in [3.63, 3.8) is 0 Å². The fraction of sp³-hybridized carbons (Fsp3) is 0.278. The second-order valence-electron chi connectivity index (χ2n) is 5.92. The summed E-state index contributed by atoms with van der Waals surface area (Å²) in [5.41, 5.74) is 0.783. The van der Waals surface area contributed by atoms with Gasteiger partial charge in [-0.3, -0.25) is 14.6 Å². The highest BCUT2D eigenvalue weighted by Gasteiger charge is 2.15. The van der Waals surface area contributed by atoms with E-state index in [1.807, 2.05) is 0 Å². The van der Waals surface area contributed by atoms with E-state index >= 15 is 0 Å². The molecule has 0 spiro atoms. The lowest BCUT2D eigenvalue weighted by Crippen LogP contribution is -2.26. The summed E-state index contributed by atoms with van der Waals surface area (Å²) in [6, 6.07) is 7.92. The van der Waals surface area contributed by atoms with Crippen LogP contribution in [0.5, 0.6) is 0 Å². The Kier molecular flexibility index (Phi) is 6.79. The van der Waals surface area contributed by atoms with Gasteiger partial charge in [-0.15, -0.1) is 0 Å². The molecule has 0 atom stereocenters. The number of para-hydroxylation sites is 1. The summed E-state index contributed by atoms with van der Waals surface area (Å²) >= 11 is 12.1. The van der Waals surface area contributed by atoms with E-state index in [1.165, 1.54) is 12.3 Å². The molecule has 7 heteroatoms. The number of carbonyl (C=O) groups excluding carboxylic acids is 2. The molecule has 1 heterocycles. The first-order valence-electron chi connectivity index (χ1n) is 7.88. The van der Waals surface area contributed by atoms with E-state index in [2.05, 4.69) is 29.5 Å². The van der Waals surface area contributed by atoms with Gasteiger partial charge in [0.15, 0.2) is 0 Å². The molecule has 2 aromatic rings. The lowest BCUT2D eigenvalue weighted by atomic mass is 10.1. The normalized spacial score (nSPS) is 10.6. The summed E-state index contributed by atoms with van der Waals surface area (Å²) < 4.78 is 0. The van der Waals surface area contributed by atoms with E-state index in [0.717, 1.165) is 6.42 Å². The smallest absolute Gasteiger partial charge is 0.274 e. The molecule has 5 nitrogen and oxygen atoms in total. The van der Waals surface area contributed by atoms with Crippen molar-refractivity contribution in [2.75, 3.05) is 11.9 Å². The molecule has 1 aromatic carbocycles. The van der Waals surface area contributed by atoms with Crippen molar-refractivity contribution in [1.82, 2.24) is 10.3 Å². The molecule has 1 aromatic heterocycles. The van der Waals surface area contributed by atoms with Crippen LogP contribution in [-0.2, 0) is 0 Å². The topological polar surface area (TPSA) is 71.1 Å². The predicted octanol–water partition coefficient (Wildman–Crippen LogP) is 4.42. The number of pyridine rings is 1. The number of nitrogens with one attached hydrogen (secondary N) is 2. The zero-order chi connectivity index (χ0) is 18.4. The third kappa shape index (κ3) is 5.44. The minimum absolute atomic E-state index is 0.104. The van der Waals surface area contributed by atoms with E-state index in [-0.39, 0.29) is 11.6 Å². The first kappa shape index (κ1) is 19.2. The van der Waals surface area contributed by atoms with Gasteiger partial charge in [-0.1, -0.05) is 43.1 Å². The maximum absolute atomic E-state index is 12.4. The fourth-order valence-electron chi connectivity index (χ4n) is 2.07. The van der Waals surface area contributed by atoms with E-state index < -0.39 is 5.91 Å². The van der Waals surface area contributed by atoms with Crippen LogP contribution in [-0.4, -0.2) is 23.3 Å². The van der Waals surface area contributed by atoms with Crippen LogP contribution in [0, 0.1) is 5.92 Å². The number of amides is 2. The number of hydrogen-bond acceptors (Lipinski definition) is 3. The zero-order valence-electron chi connectivity index (χ0n) is 14.0. The Balaban J connectivity index is 2.10. The van der Waals surface area contributed by atoms with Gasteiger partial charge in [0.05, 0.1) is 15.7 Å². The van der Waals surface area contributed by atoms with Gasteiger partial charge in [0.2, 0.25) is 0 Å². The minimum Gasteiger partial charge on any atom is -0.352 e. The van der Waals surface area contributed by atoms with Crippen molar-refractivity contribution < 1.29 is 9.59 Å². The van der Waals surface area contributed by atoms with Crippen LogP contribution in [0.15, 0.2) is 36.5 Å². The Labute approximate surface area is 156 Å². The number of benzene rings is 1. The van der Waals surface area contributed by atoms with Crippen molar-refractivity contribution in [1.29, 1.82) is 0 Å². The molecule has 2 N–H and O–H groups in total. The summed E-state index contributed by atoms with van der Waals surface area (Å²) in [6.07, 6.45) is 2.30. The number of nitrogens with zero attached hydrogens (tertiary/aromatic N) is 1. The van der Waals surface area contributed by atoms with Crippen LogP contribution in [0.4, 0.5) is 5.69 Å². The third-order valence-corrected chi connectivity index (χ3v) is 4.09. The Morgan fingerprint density at radius 3 is 2.44 bits per heavy atom. The number of hydrogen-bond donors (Lipinski definition) is 2.